The molecule has 0 spiro atoms. The Morgan fingerprint density at radius 3 is 2.63 bits per heavy atom. The second-order valence-corrected chi connectivity index (χ2v) is 6.24. The van der Waals surface area contributed by atoms with Gasteiger partial charge in [-0.15, -0.1) is 0 Å². The van der Waals surface area contributed by atoms with E-state index in [1.54, 1.807) is 0 Å². The van der Waals surface area contributed by atoms with Crippen molar-refractivity contribution in [2.45, 2.75) is 59.2 Å². The summed E-state index contributed by atoms with van der Waals surface area (Å²) in [5.41, 5.74) is 2.42. The van der Waals surface area contributed by atoms with Crippen LogP contribution < -0.4 is 4.74 Å². The van der Waals surface area contributed by atoms with E-state index in [-0.39, 0.29) is 12.2 Å². The van der Waals surface area contributed by atoms with Gasteiger partial charge in [0.15, 0.2) is 0 Å². The number of benzene rings is 1. The van der Waals surface area contributed by atoms with Crippen molar-refractivity contribution in [3.63, 3.8) is 0 Å². The first-order valence-electron chi connectivity index (χ1n) is 7.40. The zero-order valence-electron chi connectivity index (χ0n) is 12.5. The zero-order valence-corrected chi connectivity index (χ0v) is 12.5. The van der Waals surface area contributed by atoms with Crippen LogP contribution in [0.2, 0.25) is 0 Å². The molecule has 3 atom stereocenters. The standard InChI is InChI=1S/C17H26O2/c1-11(2)14-8-9-15(18)17(10-14)19-16-7-5-6-12(3)13(16)4/h5-7,11,14-15,17-18H,8-10H2,1-4H3. The Balaban J connectivity index is 2.10. The molecule has 0 radical (unpaired) electrons. The molecule has 1 N–H and O–H groups in total. The number of ether oxygens (including phenoxy) is 1. The van der Waals surface area contributed by atoms with Crippen LogP contribution in [0.3, 0.4) is 0 Å². The second kappa shape index (κ2) is 5.96. The van der Waals surface area contributed by atoms with Gasteiger partial charge in [0, 0.05) is 0 Å². The Morgan fingerprint density at radius 1 is 1.21 bits per heavy atom. The van der Waals surface area contributed by atoms with Gasteiger partial charge >= 0.3 is 0 Å². The first-order chi connectivity index (χ1) is 8.99. The molecule has 0 bridgehead atoms. The van der Waals surface area contributed by atoms with E-state index in [0.717, 1.165) is 25.0 Å². The third kappa shape index (κ3) is 3.30. The molecule has 0 aliphatic heterocycles. The van der Waals surface area contributed by atoms with Crippen molar-refractivity contribution in [3.05, 3.63) is 29.3 Å². The highest BCUT2D eigenvalue weighted by molar-refractivity contribution is 5.38. The Labute approximate surface area is 116 Å². The van der Waals surface area contributed by atoms with Crippen LogP contribution in [0.25, 0.3) is 0 Å². The highest BCUT2D eigenvalue weighted by Gasteiger charge is 2.32. The van der Waals surface area contributed by atoms with Crippen LogP contribution in [0.1, 0.15) is 44.2 Å². The summed E-state index contributed by atoms with van der Waals surface area (Å²) in [6, 6.07) is 6.12. The van der Waals surface area contributed by atoms with Crippen molar-refractivity contribution in [2.75, 3.05) is 0 Å². The molecule has 1 aromatic rings. The average Bonchev–Trinajstić information content (AvgIpc) is 2.37. The smallest absolute Gasteiger partial charge is 0.125 e. The number of aliphatic hydroxyl groups excluding tert-OH is 1. The van der Waals surface area contributed by atoms with Gasteiger partial charge in [0.2, 0.25) is 0 Å². The third-order valence-corrected chi connectivity index (χ3v) is 4.57. The van der Waals surface area contributed by atoms with Crippen LogP contribution in [-0.2, 0) is 0 Å². The number of hydrogen-bond acceptors (Lipinski definition) is 2. The lowest BCUT2D eigenvalue weighted by atomic mass is 9.79. The largest absolute Gasteiger partial charge is 0.487 e. The Morgan fingerprint density at radius 2 is 1.95 bits per heavy atom. The Hall–Kier alpha value is -1.02. The van der Waals surface area contributed by atoms with Crippen LogP contribution in [0.4, 0.5) is 0 Å². The van der Waals surface area contributed by atoms with Gasteiger partial charge in [-0.05, 0) is 62.1 Å². The summed E-state index contributed by atoms with van der Waals surface area (Å²) in [6.45, 7) is 8.70. The van der Waals surface area contributed by atoms with Crippen molar-refractivity contribution >= 4 is 0 Å². The van der Waals surface area contributed by atoms with E-state index in [0.29, 0.717) is 11.8 Å². The summed E-state index contributed by atoms with van der Waals surface area (Å²) in [5.74, 6) is 2.25. The lowest BCUT2D eigenvalue weighted by molar-refractivity contribution is -0.0179. The molecular weight excluding hydrogens is 236 g/mol. The average molecular weight is 262 g/mol. The normalized spacial score (nSPS) is 27.6. The van der Waals surface area contributed by atoms with Crippen LogP contribution in [0.15, 0.2) is 18.2 Å². The quantitative estimate of drug-likeness (QED) is 0.896. The van der Waals surface area contributed by atoms with Gasteiger partial charge in [-0.1, -0.05) is 26.0 Å². The molecule has 0 aromatic heterocycles. The number of hydrogen-bond donors (Lipinski definition) is 1. The van der Waals surface area contributed by atoms with Crippen LogP contribution in [0, 0.1) is 25.7 Å². The van der Waals surface area contributed by atoms with E-state index in [4.69, 9.17) is 4.74 Å². The molecule has 1 fully saturated rings. The molecule has 0 heterocycles. The molecular formula is C17H26O2. The van der Waals surface area contributed by atoms with E-state index < -0.39 is 0 Å². The minimum atomic E-state index is -0.324. The Bertz CT molecular complexity index is 425. The summed E-state index contributed by atoms with van der Waals surface area (Å²) in [7, 11) is 0. The van der Waals surface area contributed by atoms with Gasteiger partial charge < -0.3 is 9.84 Å². The van der Waals surface area contributed by atoms with E-state index in [1.165, 1.54) is 11.1 Å². The van der Waals surface area contributed by atoms with Gasteiger partial charge in [-0.2, -0.15) is 0 Å². The van der Waals surface area contributed by atoms with Gasteiger partial charge in [-0.3, -0.25) is 0 Å². The lowest BCUT2D eigenvalue weighted by Gasteiger charge is -2.35. The first kappa shape index (κ1) is 14.4. The lowest BCUT2D eigenvalue weighted by Crippen LogP contribution is -2.39. The summed E-state index contributed by atoms with van der Waals surface area (Å²) in [6.07, 6.45) is 2.56. The van der Waals surface area contributed by atoms with Crippen molar-refractivity contribution in [2.24, 2.45) is 11.8 Å². The molecule has 1 aromatic carbocycles. The van der Waals surface area contributed by atoms with E-state index in [9.17, 15) is 5.11 Å². The molecule has 2 nitrogen and oxygen atoms in total. The molecule has 2 heteroatoms. The summed E-state index contributed by atoms with van der Waals surface area (Å²) >= 11 is 0. The predicted molar refractivity (Wildman–Crippen MR) is 78.5 cm³/mol. The monoisotopic (exact) mass is 262 g/mol. The van der Waals surface area contributed by atoms with Crippen molar-refractivity contribution < 1.29 is 9.84 Å². The number of aliphatic hydroxyl groups is 1. The molecule has 3 unspecified atom stereocenters. The minimum absolute atomic E-state index is 0.0540. The fourth-order valence-corrected chi connectivity index (χ4v) is 2.89. The van der Waals surface area contributed by atoms with E-state index in [2.05, 4.69) is 33.8 Å². The molecule has 19 heavy (non-hydrogen) atoms. The van der Waals surface area contributed by atoms with Crippen LogP contribution in [-0.4, -0.2) is 17.3 Å². The third-order valence-electron chi connectivity index (χ3n) is 4.57. The van der Waals surface area contributed by atoms with Gasteiger partial charge in [-0.25, -0.2) is 0 Å². The summed E-state index contributed by atoms with van der Waals surface area (Å²) in [5, 5.41) is 10.2. The maximum Gasteiger partial charge on any atom is 0.125 e. The minimum Gasteiger partial charge on any atom is -0.487 e. The number of aryl methyl sites for hydroxylation is 1. The van der Waals surface area contributed by atoms with Crippen LogP contribution >= 0.6 is 0 Å². The molecule has 0 saturated heterocycles. The van der Waals surface area contributed by atoms with Crippen molar-refractivity contribution in [1.82, 2.24) is 0 Å². The highest BCUT2D eigenvalue weighted by atomic mass is 16.5. The van der Waals surface area contributed by atoms with Crippen molar-refractivity contribution in [1.29, 1.82) is 0 Å². The molecule has 0 amide bonds. The second-order valence-electron chi connectivity index (χ2n) is 6.24. The maximum atomic E-state index is 10.2. The zero-order chi connectivity index (χ0) is 14.0. The highest BCUT2D eigenvalue weighted by Crippen LogP contribution is 2.33. The van der Waals surface area contributed by atoms with Crippen molar-refractivity contribution in [3.8, 4) is 5.75 Å². The number of rotatable bonds is 3. The fraction of sp³-hybridized carbons (Fsp3) is 0.647. The molecule has 1 saturated carbocycles. The van der Waals surface area contributed by atoms with Gasteiger partial charge in [0.25, 0.3) is 0 Å². The van der Waals surface area contributed by atoms with E-state index in [1.807, 2.05) is 12.1 Å². The van der Waals surface area contributed by atoms with E-state index >= 15 is 0 Å². The summed E-state index contributed by atoms with van der Waals surface area (Å²) in [4.78, 5) is 0. The molecule has 1 aliphatic rings. The predicted octanol–water partition coefficient (Wildman–Crippen LogP) is 3.87. The molecule has 1 aliphatic carbocycles. The Kier molecular flexibility index (Phi) is 4.51. The fourth-order valence-electron chi connectivity index (χ4n) is 2.89. The molecule has 106 valence electrons. The maximum absolute atomic E-state index is 10.2. The van der Waals surface area contributed by atoms with Gasteiger partial charge in [0.05, 0.1) is 6.10 Å². The van der Waals surface area contributed by atoms with Crippen LogP contribution in [0.5, 0.6) is 5.75 Å². The first-order valence-corrected chi connectivity index (χ1v) is 7.40. The molecule has 2 rings (SSSR count). The topological polar surface area (TPSA) is 29.5 Å². The van der Waals surface area contributed by atoms with Gasteiger partial charge in [0.1, 0.15) is 11.9 Å². The summed E-state index contributed by atoms with van der Waals surface area (Å²) < 4.78 is 6.11. The SMILES string of the molecule is Cc1cccc(OC2CC(C(C)C)CCC2O)c1C.